The second-order valence-corrected chi connectivity index (χ2v) is 6.15. The summed E-state index contributed by atoms with van der Waals surface area (Å²) in [4.78, 5) is 12.4. The van der Waals surface area contributed by atoms with Gasteiger partial charge in [-0.2, -0.15) is 0 Å². The Kier molecular flexibility index (Phi) is 5.09. The second kappa shape index (κ2) is 7.44. The first-order valence-electron chi connectivity index (χ1n) is 8.26. The minimum atomic E-state index is -0.878. The van der Waals surface area contributed by atoms with E-state index >= 15 is 0 Å². The van der Waals surface area contributed by atoms with Gasteiger partial charge in [0.1, 0.15) is 0 Å². The van der Waals surface area contributed by atoms with Gasteiger partial charge in [-0.25, -0.2) is 4.79 Å². The molecule has 6 heteroatoms. The van der Waals surface area contributed by atoms with Gasteiger partial charge < -0.3 is 25.2 Å². The van der Waals surface area contributed by atoms with Gasteiger partial charge in [0.05, 0.1) is 25.4 Å². The Balaban J connectivity index is 1.71. The lowest BCUT2D eigenvalue weighted by Gasteiger charge is -2.29. The van der Waals surface area contributed by atoms with Gasteiger partial charge in [-0.1, -0.05) is 30.3 Å². The molecule has 3 N–H and O–H groups in total. The average Bonchev–Trinajstić information content (AvgIpc) is 2.87. The number of ether oxygens (including phenoxy) is 2. The van der Waals surface area contributed by atoms with Crippen molar-refractivity contribution in [2.75, 3.05) is 25.1 Å². The Morgan fingerprint density at radius 2 is 1.84 bits per heavy atom. The smallest absolute Gasteiger partial charge is 0.320 e. The Morgan fingerprint density at radius 1 is 1.12 bits per heavy atom. The predicted octanol–water partition coefficient (Wildman–Crippen LogP) is 2.88. The van der Waals surface area contributed by atoms with Gasteiger partial charge in [-0.15, -0.1) is 0 Å². The molecule has 1 aliphatic heterocycles. The maximum absolute atomic E-state index is 12.4. The molecule has 0 radical (unpaired) electrons. The van der Waals surface area contributed by atoms with Crippen LogP contribution in [0.15, 0.2) is 48.5 Å². The highest BCUT2D eigenvalue weighted by Crippen LogP contribution is 2.32. The zero-order valence-electron chi connectivity index (χ0n) is 14.1. The average molecular weight is 342 g/mol. The van der Waals surface area contributed by atoms with E-state index in [1.807, 2.05) is 30.3 Å². The molecule has 132 valence electrons. The summed E-state index contributed by atoms with van der Waals surface area (Å²) in [6, 6.07) is 14.2. The molecule has 1 atom stereocenters. The van der Waals surface area contributed by atoms with Gasteiger partial charge in [0.2, 0.25) is 0 Å². The third-order valence-electron chi connectivity index (χ3n) is 4.12. The molecule has 3 rings (SSSR count). The van der Waals surface area contributed by atoms with Crippen LogP contribution in [0.25, 0.3) is 0 Å². The quantitative estimate of drug-likeness (QED) is 0.798. The summed E-state index contributed by atoms with van der Waals surface area (Å²) >= 11 is 0. The second-order valence-electron chi connectivity index (χ2n) is 6.15. The van der Waals surface area contributed by atoms with E-state index in [-0.39, 0.29) is 6.61 Å². The Morgan fingerprint density at radius 3 is 2.56 bits per heavy atom. The number of aliphatic hydroxyl groups is 1. The monoisotopic (exact) mass is 342 g/mol. The number of benzene rings is 2. The largest absolute Gasteiger partial charge is 0.490 e. The molecule has 0 bridgehead atoms. The zero-order chi connectivity index (χ0) is 17.7. The first-order valence-corrected chi connectivity index (χ1v) is 8.26. The van der Waals surface area contributed by atoms with Crippen molar-refractivity contribution >= 4 is 11.7 Å². The summed E-state index contributed by atoms with van der Waals surface area (Å²) in [6.45, 7) is 2.76. The van der Waals surface area contributed by atoms with Crippen LogP contribution in [0, 0.1) is 0 Å². The van der Waals surface area contributed by atoms with Crippen molar-refractivity contribution in [1.82, 2.24) is 5.32 Å². The molecule has 0 saturated carbocycles. The van der Waals surface area contributed by atoms with E-state index in [0.717, 1.165) is 12.0 Å². The number of hydrogen-bond donors (Lipinski definition) is 3. The normalized spacial score (nSPS) is 15.6. The van der Waals surface area contributed by atoms with Gasteiger partial charge >= 0.3 is 6.03 Å². The van der Waals surface area contributed by atoms with Crippen molar-refractivity contribution in [2.24, 2.45) is 0 Å². The summed E-state index contributed by atoms with van der Waals surface area (Å²) < 4.78 is 11.2. The summed E-state index contributed by atoms with van der Waals surface area (Å²) in [5.74, 6) is 1.29. The number of urea groups is 1. The SMILES string of the molecule is CC(CO)(NC(=O)Nc1ccc2c(c1)OCCCO2)c1ccccc1. The number of anilines is 1. The number of fused-ring (bicyclic) bond motifs is 1. The van der Waals surface area contributed by atoms with Crippen molar-refractivity contribution in [3.05, 3.63) is 54.1 Å². The van der Waals surface area contributed by atoms with Crippen molar-refractivity contribution < 1.29 is 19.4 Å². The third kappa shape index (κ3) is 4.03. The lowest BCUT2D eigenvalue weighted by Crippen LogP contribution is -2.48. The van der Waals surface area contributed by atoms with Gasteiger partial charge in [-0.3, -0.25) is 0 Å². The first-order chi connectivity index (χ1) is 12.1. The number of nitrogens with one attached hydrogen (secondary N) is 2. The molecule has 2 aromatic carbocycles. The minimum absolute atomic E-state index is 0.217. The van der Waals surface area contributed by atoms with Gasteiger partial charge in [-0.05, 0) is 24.6 Å². The van der Waals surface area contributed by atoms with Gasteiger partial charge in [0, 0.05) is 18.2 Å². The Bertz CT molecular complexity index is 735. The summed E-state index contributed by atoms with van der Waals surface area (Å²) in [5.41, 5.74) is 0.540. The maximum Gasteiger partial charge on any atom is 0.320 e. The number of amides is 2. The highest BCUT2D eigenvalue weighted by Gasteiger charge is 2.27. The van der Waals surface area contributed by atoms with E-state index in [4.69, 9.17) is 9.47 Å². The van der Waals surface area contributed by atoms with Gasteiger partial charge in [0.25, 0.3) is 0 Å². The molecule has 1 heterocycles. The third-order valence-corrected chi connectivity index (χ3v) is 4.12. The highest BCUT2D eigenvalue weighted by atomic mass is 16.5. The van der Waals surface area contributed by atoms with Crippen LogP contribution in [0.5, 0.6) is 11.5 Å². The molecule has 0 saturated heterocycles. The van der Waals surface area contributed by atoms with Crippen molar-refractivity contribution in [3.63, 3.8) is 0 Å². The molecular formula is C19H22N2O4. The number of hydrogen-bond acceptors (Lipinski definition) is 4. The van der Waals surface area contributed by atoms with E-state index in [1.54, 1.807) is 25.1 Å². The number of aliphatic hydroxyl groups excluding tert-OH is 1. The van der Waals surface area contributed by atoms with Crippen LogP contribution in [-0.4, -0.2) is 31.0 Å². The van der Waals surface area contributed by atoms with Crippen LogP contribution >= 0.6 is 0 Å². The topological polar surface area (TPSA) is 79.8 Å². The predicted molar refractivity (Wildman–Crippen MR) is 95.1 cm³/mol. The number of carbonyl (C=O) groups is 1. The summed E-state index contributed by atoms with van der Waals surface area (Å²) in [6.07, 6.45) is 0.823. The molecule has 0 fully saturated rings. The molecule has 6 nitrogen and oxygen atoms in total. The highest BCUT2D eigenvalue weighted by molar-refractivity contribution is 5.90. The lowest BCUT2D eigenvalue weighted by atomic mass is 9.93. The summed E-state index contributed by atoms with van der Waals surface area (Å²) in [7, 11) is 0. The van der Waals surface area contributed by atoms with Crippen LogP contribution in [-0.2, 0) is 5.54 Å². The van der Waals surface area contributed by atoms with E-state index in [9.17, 15) is 9.90 Å². The van der Waals surface area contributed by atoms with E-state index in [0.29, 0.717) is 30.4 Å². The van der Waals surface area contributed by atoms with Gasteiger partial charge in [0.15, 0.2) is 11.5 Å². The fourth-order valence-electron chi connectivity index (χ4n) is 2.66. The molecule has 2 aromatic rings. The number of carbonyl (C=O) groups excluding carboxylic acids is 1. The van der Waals surface area contributed by atoms with Crippen molar-refractivity contribution in [2.45, 2.75) is 18.9 Å². The summed E-state index contributed by atoms with van der Waals surface area (Å²) in [5, 5.41) is 15.4. The number of rotatable bonds is 4. The molecule has 25 heavy (non-hydrogen) atoms. The maximum atomic E-state index is 12.4. The fourth-order valence-corrected chi connectivity index (χ4v) is 2.66. The van der Waals surface area contributed by atoms with Crippen LogP contribution in [0.4, 0.5) is 10.5 Å². The molecule has 1 unspecified atom stereocenters. The standard InChI is InChI=1S/C19H22N2O4/c1-19(13-22,14-6-3-2-4-7-14)21-18(23)20-15-8-9-16-17(12-15)25-11-5-10-24-16/h2-4,6-9,12,22H,5,10-11,13H2,1H3,(H2,20,21,23). The van der Waals surface area contributed by atoms with Crippen LogP contribution in [0.3, 0.4) is 0 Å². The first kappa shape index (κ1) is 17.1. The molecule has 0 aliphatic carbocycles. The van der Waals surface area contributed by atoms with Crippen LogP contribution in [0.2, 0.25) is 0 Å². The lowest BCUT2D eigenvalue weighted by molar-refractivity contribution is 0.176. The molecule has 1 aliphatic rings. The van der Waals surface area contributed by atoms with Crippen molar-refractivity contribution in [1.29, 1.82) is 0 Å². The Hall–Kier alpha value is -2.73. The zero-order valence-corrected chi connectivity index (χ0v) is 14.1. The van der Waals surface area contributed by atoms with Crippen molar-refractivity contribution in [3.8, 4) is 11.5 Å². The minimum Gasteiger partial charge on any atom is -0.490 e. The molecule has 0 spiro atoms. The van der Waals surface area contributed by atoms with E-state index in [2.05, 4.69) is 10.6 Å². The molecule has 0 aromatic heterocycles. The Labute approximate surface area is 146 Å². The van der Waals surface area contributed by atoms with Crippen LogP contribution in [0.1, 0.15) is 18.9 Å². The molecular weight excluding hydrogens is 320 g/mol. The van der Waals surface area contributed by atoms with E-state index in [1.165, 1.54) is 0 Å². The fraction of sp³-hybridized carbons (Fsp3) is 0.316. The van der Waals surface area contributed by atoms with E-state index < -0.39 is 11.6 Å². The van der Waals surface area contributed by atoms with Crippen LogP contribution < -0.4 is 20.1 Å². The molecule has 2 amide bonds.